The zero-order chi connectivity index (χ0) is 19.8. The van der Waals surface area contributed by atoms with Crippen molar-refractivity contribution in [2.45, 2.75) is 6.54 Å². The molecule has 0 bridgehead atoms. The molecule has 4 heteroatoms. The van der Waals surface area contributed by atoms with Crippen LogP contribution in [0.15, 0.2) is 72.9 Å². The predicted molar refractivity (Wildman–Crippen MR) is 102 cm³/mol. The Labute approximate surface area is 154 Å². The molecule has 4 nitrogen and oxygen atoms in total. The SMILES string of the molecule is [2H]C([2H])([2H])[n+]1c2n(c3c4ccccc4n(-c4ccccc4)c31)Cc1ncccc1-2. The molecule has 5 aromatic rings. The first kappa shape index (κ1) is 11.3. The second-order valence-corrected chi connectivity index (χ2v) is 6.60. The molecule has 0 radical (unpaired) electrons. The first-order chi connectivity index (χ1) is 14.1. The van der Waals surface area contributed by atoms with Crippen molar-refractivity contribution in [3.8, 4) is 17.1 Å². The maximum atomic E-state index is 8.36. The summed E-state index contributed by atoms with van der Waals surface area (Å²) in [7, 11) is 0. The number of fused-ring (bicyclic) bond motifs is 7. The van der Waals surface area contributed by atoms with E-state index in [-0.39, 0.29) is 0 Å². The highest BCUT2D eigenvalue weighted by atomic mass is 15.2. The summed E-state index contributed by atoms with van der Waals surface area (Å²) in [4.78, 5) is 4.50. The zero-order valence-electron chi connectivity index (χ0n) is 16.9. The summed E-state index contributed by atoms with van der Waals surface area (Å²) in [5, 5.41) is 1.03. The molecule has 2 aromatic carbocycles. The Morgan fingerprint density at radius 2 is 1.85 bits per heavy atom. The van der Waals surface area contributed by atoms with E-state index in [1.165, 1.54) is 4.57 Å². The van der Waals surface area contributed by atoms with Crippen molar-refractivity contribution in [1.29, 1.82) is 0 Å². The molecule has 3 aromatic heterocycles. The Morgan fingerprint density at radius 1 is 1.00 bits per heavy atom. The molecule has 0 amide bonds. The molecule has 124 valence electrons. The Hall–Kier alpha value is -3.40. The summed E-state index contributed by atoms with van der Waals surface area (Å²) in [5.41, 5.74) is 5.31. The van der Waals surface area contributed by atoms with Gasteiger partial charge in [-0.2, -0.15) is 0 Å². The largest absolute Gasteiger partial charge is 0.274 e. The van der Waals surface area contributed by atoms with Gasteiger partial charge in [-0.15, -0.1) is 0 Å². The minimum absolute atomic E-state index is 0.563. The standard InChI is InChI=1S/C22H17N4/c1-24-21-16-11-7-13-23-18(16)14-25(21)20-17-10-5-6-12-19(17)26(22(20)24)15-8-3-2-4-9-15/h2-13H,14H2,1H3/q+1/i1D3. The molecular weight excluding hydrogens is 320 g/mol. The normalized spacial score (nSPS) is 14.8. The number of pyridine rings is 1. The van der Waals surface area contributed by atoms with Crippen LogP contribution in [-0.2, 0) is 13.5 Å². The minimum atomic E-state index is -2.34. The van der Waals surface area contributed by atoms with Crippen molar-refractivity contribution in [2.24, 2.45) is 6.98 Å². The number of para-hydroxylation sites is 2. The number of nitrogens with zero attached hydrogens (tertiary/aromatic N) is 4. The van der Waals surface area contributed by atoms with Crippen molar-refractivity contribution in [3.05, 3.63) is 78.6 Å². The van der Waals surface area contributed by atoms with Crippen LogP contribution in [0.3, 0.4) is 0 Å². The fraction of sp³-hybridized carbons (Fsp3) is 0.0909. The van der Waals surface area contributed by atoms with E-state index < -0.39 is 6.98 Å². The van der Waals surface area contributed by atoms with Crippen LogP contribution in [0.5, 0.6) is 0 Å². The number of aromatic nitrogens is 4. The molecule has 1 aliphatic rings. The summed E-state index contributed by atoms with van der Waals surface area (Å²) in [6, 6.07) is 21.8. The van der Waals surface area contributed by atoms with Gasteiger partial charge in [-0.25, -0.2) is 13.7 Å². The summed E-state index contributed by atoms with van der Waals surface area (Å²) in [6.45, 7) is -1.77. The van der Waals surface area contributed by atoms with Crippen LogP contribution in [0.4, 0.5) is 0 Å². The van der Waals surface area contributed by atoms with Gasteiger partial charge in [-0.05, 0) is 36.4 Å². The average molecular weight is 340 g/mol. The lowest BCUT2D eigenvalue weighted by atomic mass is 10.2. The number of aryl methyl sites for hydroxylation is 1. The Kier molecular flexibility index (Phi) is 2.09. The van der Waals surface area contributed by atoms with Gasteiger partial charge < -0.3 is 0 Å². The highest BCUT2D eigenvalue weighted by Crippen LogP contribution is 2.37. The Balaban J connectivity index is 1.88. The molecule has 0 saturated heterocycles. The Morgan fingerprint density at radius 3 is 2.73 bits per heavy atom. The van der Waals surface area contributed by atoms with E-state index in [9.17, 15) is 0 Å². The van der Waals surface area contributed by atoms with Crippen LogP contribution in [0.1, 0.15) is 9.81 Å². The second kappa shape index (κ2) is 4.82. The third-order valence-electron chi connectivity index (χ3n) is 5.23. The van der Waals surface area contributed by atoms with Gasteiger partial charge >= 0.3 is 0 Å². The molecule has 0 atom stereocenters. The third-order valence-corrected chi connectivity index (χ3v) is 5.23. The number of rotatable bonds is 1. The number of imidazole rings is 1. The quantitative estimate of drug-likeness (QED) is 0.418. The first-order valence-electron chi connectivity index (χ1n) is 10.1. The molecule has 1 aliphatic heterocycles. The van der Waals surface area contributed by atoms with E-state index in [1.54, 1.807) is 6.20 Å². The van der Waals surface area contributed by atoms with E-state index in [0.29, 0.717) is 18.0 Å². The summed E-state index contributed by atoms with van der Waals surface area (Å²) in [5.74, 6) is 0.688. The fourth-order valence-electron chi connectivity index (χ4n) is 4.18. The zero-order valence-corrected chi connectivity index (χ0v) is 13.9. The van der Waals surface area contributed by atoms with Crippen molar-refractivity contribution in [2.75, 3.05) is 0 Å². The summed E-state index contributed by atoms with van der Waals surface area (Å²) in [6.07, 6.45) is 1.76. The van der Waals surface area contributed by atoms with Crippen LogP contribution < -0.4 is 4.57 Å². The van der Waals surface area contributed by atoms with Gasteiger partial charge in [0.15, 0.2) is 5.52 Å². The van der Waals surface area contributed by atoms with E-state index in [4.69, 9.17) is 4.11 Å². The monoisotopic (exact) mass is 340 g/mol. The van der Waals surface area contributed by atoms with Crippen molar-refractivity contribution in [3.63, 3.8) is 0 Å². The fourth-order valence-corrected chi connectivity index (χ4v) is 4.18. The van der Waals surface area contributed by atoms with Crippen LogP contribution >= 0.6 is 0 Å². The molecule has 0 aliphatic carbocycles. The van der Waals surface area contributed by atoms with E-state index >= 15 is 0 Å². The molecule has 0 unspecified atom stereocenters. The number of hydrogen-bond acceptors (Lipinski definition) is 1. The molecular formula is C22H17N4+. The first-order valence-corrected chi connectivity index (χ1v) is 8.63. The lowest BCUT2D eigenvalue weighted by Crippen LogP contribution is -2.31. The summed E-state index contributed by atoms with van der Waals surface area (Å²) < 4.78 is 30.7. The highest BCUT2D eigenvalue weighted by molar-refractivity contribution is 6.06. The minimum Gasteiger partial charge on any atom is -0.257 e. The molecule has 0 fully saturated rings. The van der Waals surface area contributed by atoms with Crippen LogP contribution in [0.25, 0.3) is 39.1 Å². The second-order valence-electron chi connectivity index (χ2n) is 6.60. The topological polar surface area (TPSA) is 26.6 Å². The Bertz CT molecular complexity index is 1410. The van der Waals surface area contributed by atoms with Gasteiger partial charge in [-0.1, -0.05) is 30.3 Å². The van der Waals surface area contributed by atoms with Gasteiger partial charge in [0.2, 0.25) is 5.82 Å². The lowest BCUT2D eigenvalue weighted by molar-refractivity contribution is -0.636. The predicted octanol–water partition coefficient (Wildman–Crippen LogP) is 3.83. The smallest absolute Gasteiger partial charge is 0.257 e. The van der Waals surface area contributed by atoms with Gasteiger partial charge in [0.25, 0.3) is 5.65 Å². The van der Waals surface area contributed by atoms with Gasteiger partial charge in [0, 0.05) is 6.20 Å². The lowest BCUT2D eigenvalue weighted by Gasteiger charge is -2.03. The van der Waals surface area contributed by atoms with E-state index in [2.05, 4.69) is 20.2 Å². The molecule has 26 heavy (non-hydrogen) atoms. The van der Waals surface area contributed by atoms with Gasteiger partial charge in [0.1, 0.15) is 17.7 Å². The molecule has 0 spiro atoms. The van der Waals surface area contributed by atoms with Crippen molar-refractivity contribution in [1.82, 2.24) is 14.1 Å². The summed E-state index contributed by atoms with van der Waals surface area (Å²) >= 11 is 0. The maximum absolute atomic E-state index is 8.36. The molecule has 6 rings (SSSR count). The third kappa shape index (κ3) is 1.59. The number of hydrogen-bond donors (Lipinski definition) is 0. The average Bonchev–Trinajstić information content (AvgIpc) is 3.34. The van der Waals surface area contributed by atoms with E-state index in [1.807, 2.05) is 60.7 Å². The van der Waals surface area contributed by atoms with E-state index in [0.717, 1.165) is 33.4 Å². The molecule has 0 saturated carbocycles. The van der Waals surface area contributed by atoms with Gasteiger partial charge in [0.05, 0.1) is 27.7 Å². The molecule has 4 heterocycles. The maximum Gasteiger partial charge on any atom is 0.274 e. The van der Waals surface area contributed by atoms with Crippen LogP contribution in [0, 0.1) is 0 Å². The van der Waals surface area contributed by atoms with Crippen LogP contribution in [0.2, 0.25) is 0 Å². The van der Waals surface area contributed by atoms with Crippen molar-refractivity contribution >= 4 is 22.1 Å². The van der Waals surface area contributed by atoms with Crippen molar-refractivity contribution < 1.29 is 8.68 Å². The van der Waals surface area contributed by atoms with Gasteiger partial charge in [-0.3, -0.25) is 4.98 Å². The highest BCUT2D eigenvalue weighted by Gasteiger charge is 2.35. The van der Waals surface area contributed by atoms with Crippen LogP contribution in [-0.4, -0.2) is 14.1 Å². The molecule has 0 N–H and O–H groups in total. The number of benzene rings is 2.